The summed E-state index contributed by atoms with van der Waals surface area (Å²) in [5.41, 5.74) is 0.852. The van der Waals surface area contributed by atoms with Gasteiger partial charge >= 0.3 is 5.97 Å². The molecule has 29 heavy (non-hydrogen) atoms. The number of hydrogen-bond donors (Lipinski definition) is 1. The molecular weight excluding hydrogens is 398 g/mol. The molecule has 0 unspecified atom stereocenters. The van der Waals surface area contributed by atoms with E-state index in [0.29, 0.717) is 35.3 Å². The topological polar surface area (TPSA) is 83.1 Å². The Morgan fingerprint density at radius 3 is 2.72 bits per heavy atom. The highest BCUT2D eigenvalue weighted by molar-refractivity contribution is 6.30. The summed E-state index contributed by atoms with van der Waals surface area (Å²) in [7, 11) is 0. The summed E-state index contributed by atoms with van der Waals surface area (Å²) in [5, 5.41) is 3.28. The van der Waals surface area contributed by atoms with E-state index in [4.69, 9.17) is 30.5 Å². The Morgan fingerprint density at radius 1 is 1.07 bits per heavy atom. The van der Waals surface area contributed by atoms with Gasteiger partial charge in [-0.25, -0.2) is 0 Å². The van der Waals surface area contributed by atoms with Gasteiger partial charge in [0.2, 0.25) is 0 Å². The van der Waals surface area contributed by atoms with Crippen molar-refractivity contribution in [2.24, 2.45) is 5.92 Å². The van der Waals surface area contributed by atoms with Crippen LogP contribution in [0, 0.1) is 5.92 Å². The molecule has 152 valence electrons. The lowest BCUT2D eigenvalue weighted by atomic mass is 9.97. The van der Waals surface area contributed by atoms with Gasteiger partial charge in [0, 0.05) is 5.02 Å². The number of carbonyl (C=O) groups is 2. The Kier molecular flexibility index (Phi) is 5.76. The number of fused-ring (bicyclic) bond motifs is 2. The molecule has 0 radical (unpaired) electrons. The van der Waals surface area contributed by atoms with E-state index < -0.39 is 17.8 Å². The smallest absolute Gasteiger partial charge is 0.313 e. The Morgan fingerprint density at radius 2 is 1.86 bits per heavy atom. The van der Waals surface area contributed by atoms with Crippen LogP contribution in [0.4, 0.5) is 0 Å². The Balaban J connectivity index is 1.20. The molecule has 2 aliphatic rings. The molecule has 0 saturated carbocycles. The van der Waals surface area contributed by atoms with Crippen molar-refractivity contribution in [3.05, 3.63) is 53.1 Å². The van der Waals surface area contributed by atoms with Crippen LogP contribution in [-0.2, 0) is 20.7 Å². The van der Waals surface area contributed by atoms with Gasteiger partial charge in [-0.1, -0.05) is 23.7 Å². The van der Waals surface area contributed by atoms with Crippen LogP contribution in [0.1, 0.15) is 5.56 Å². The summed E-state index contributed by atoms with van der Waals surface area (Å²) in [4.78, 5) is 24.3. The molecule has 2 aromatic rings. The van der Waals surface area contributed by atoms with E-state index in [0.717, 1.165) is 5.56 Å². The number of nitrogens with one attached hydrogen (secondary N) is 1. The third-order valence-corrected chi connectivity index (χ3v) is 4.94. The van der Waals surface area contributed by atoms with E-state index in [1.54, 1.807) is 18.2 Å². The minimum atomic E-state index is -0.475. The third kappa shape index (κ3) is 4.74. The molecule has 7 nitrogen and oxygen atoms in total. The van der Waals surface area contributed by atoms with Gasteiger partial charge in [0.1, 0.15) is 25.1 Å². The van der Waals surface area contributed by atoms with Crippen LogP contribution >= 0.6 is 11.6 Å². The summed E-state index contributed by atoms with van der Waals surface area (Å²) >= 11 is 5.99. The highest BCUT2D eigenvalue weighted by Gasteiger charge is 2.28. The number of ether oxygens (including phenoxy) is 4. The van der Waals surface area contributed by atoms with E-state index in [9.17, 15) is 9.59 Å². The van der Waals surface area contributed by atoms with Gasteiger partial charge in [0.05, 0.1) is 12.5 Å². The normalized spacial score (nSPS) is 19.5. The van der Waals surface area contributed by atoms with Gasteiger partial charge in [-0.15, -0.1) is 0 Å². The van der Waals surface area contributed by atoms with Gasteiger partial charge in [-0.3, -0.25) is 9.59 Å². The second-order valence-corrected chi connectivity index (χ2v) is 7.31. The monoisotopic (exact) mass is 417 g/mol. The number of halogens is 1. The number of hydrogen-bond acceptors (Lipinski definition) is 6. The summed E-state index contributed by atoms with van der Waals surface area (Å²) in [6, 6.07) is 12.6. The van der Waals surface area contributed by atoms with Crippen molar-refractivity contribution in [1.82, 2.24) is 5.32 Å². The summed E-state index contributed by atoms with van der Waals surface area (Å²) in [5.74, 6) is 0.689. The van der Waals surface area contributed by atoms with Gasteiger partial charge in [-0.05, 0) is 42.3 Å². The van der Waals surface area contributed by atoms with Crippen LogP contribution in [0.15, 0.2) is 42.5 Å². The molecule has 2 atom stereocenters. The average Bonchev–Trinajstić information content (AvgIpc) is 2.75. The first kappa shape index (κ1) is 19.4. The van der Waals surface area contributed by atoms with E-state index in [1.807, 2.05) is 24.3 Å². The molecule has 0 fully saturated rings. The van der Waals surface area contributed by atoms with Crippen molar-refractivity contribution < 1.29 is 28.5 Å². The average molecular weight is 418 g/mol. The zero-order valence-corrected chi connectivity index (χ0v) is 16.3. The van der Waals surface area contributed by atoms with Crippen molar-refractivity contribution in [3.8, 4) is 17.2 Å². The Hall–Kier alpha value is -2.93. The molecule has 2 heterocycles. The minimum Gasteiger partial charge on any atom is -0.492 e. The standard InChI is InChI=1S/C21H20ClNO6/c22-15-5-6-17-13(8-15)7-14(10-26-17)21(25)28-12-20(24)23-9-16-11-27-18-3-1-2-4-19(18)29-16/h1-6,8,14,16H,7,9-12H2,(H,23,24)/t14-,16-/m1/s1. The zero-order valence-electron chi connectivity index (χ0n) is 15.6. The Bertz CT molecular complexity index is 918. The van der Waals surface area contributed by atoms with Gasteiger partial charge in [-0.2, -0.15) is 0 Å². The molecule has 0 spiro atoms. The molecule has 1 N–H and O–H groups in total. The first-order valence-corrected chi connectivity index (χ1v) is 9.69. The number of esters is 1. The summed E-state index contributed by atoms with van der Waals surface area (Å²) in [6.45, 7) is 0.436. The third-order valence-electron chi connectivity index (χ3n) is 4.70. The molecule has 8 heteroatoms. The van der Waals surface area contributed by atoms with Crippen LogP contribution < -0.4 is 19.5 Å². The van der Waals surface area contributed by atoms with Crippen LogP contribution in [0.2, 0.25) is 5.02 Å². The lowest BCUT2D eigenvalue weighted by Gasteiger charge is -2.26. The maximum atomic E-state index is 12.3. The minimum absolute atomic E-state index is 0.210. The van der Waals surface area contributed by atoms with Crippen molar-refractivity contribution in [2.75, 3.05) is 26.4 Å². The van der Waals surface area contributed by atoms with E-state index in [-0.39, 0.29) is 25.9 Å². The number of para-hydroxylation sites is 2. The highest BCUT2D eigenvalue weighted by Crippen LogP contribution is 2.31. The lowest BCUT2D eigenvalue weighted by molar-refractivity contribution is -0.154. The van der Waals surface area contributed by atoms with E-state index >= 15 is 0 Å². The SMILES string of the molecule is O=C(COC(=O)[C@H]1COc2ccc(Cl)cc2C1)NC[C@@H]1COc2ccccc2O1. The fourth-order valence-corrected chi connectivity index (χ4v) is 3.41. The second-order valence-electron chi connectivity index (χ2n) is 6.87. The molecule has 0 aliphatic carbocycles. The number of carbonyl (C=O) groups excluding carboxylic acids is 2. The molecule has 2 aliphatic heterocycles. The largest absolute Gasteiger partial charge is 0.492 e. The summed E-state index contributed by atoms with van der Waals surface area (Å²) < 4.78 is 22.1. The lowest BCUT2D eigenvalue weighted by Crippen LogP contribution is -2.42. The second kappa shape index (κ2) is 8.61. The molecule has 1 amide bonds. The molecule has 0 bridgehead atoms. The highest BCUT2D eigenvalue weighted by atomic mass is 35.5. The van der Waals surface area contributed by atoms with Crippen molar-refractivity contribution in [1.29, 1.82) is 0 Å². The maximum Gasteiger partial charge on any atom is 0.313 e. The zero-order chi connectivity index (χ0) is 20.2. The van der Waals surface area contributed by atoms with E-state index in [1.165, 1.54) is 0 Å². The first-order chi connectivity index (χ1) is 14.1. The fraction of sp³-hybridized carbons (Fsp3) is 0.333. The van der Waals surface area contributed by atoms with Crippen LogP contribution in [0.5, 0.6) is 17.2 Å². The number of rotatable bonds is 5. The first-order valence-electron chi connectivity index (χ1n) is 9.31. The van der Waals surface area contributed by atoms with Crippen LogP contribution in [0.3, 0.4) is 0 Å². The molecular formula is C21H20ClNO6. The fourth-order valence-electron chi connectivity index (χ4n) is 3.21. The van der Waals surface area contributed by atoms with E-state index in [2.05, 4.69) is 5.32 Å². The predicted molar refractivity (Wildman–Crippen MR) is 104 cm³/mol. The number of amides is 1. The summed E-state index contributed by atoms with van der Waals surface area (Å²) in [6.07, 6.45) is 0.153. The van der Waals surface area contributed by atoms with Crippen molar-refractivity contribution in [2.45, 2.75) is 12.5 Å². The van der Waals surface area contributed by atoms with Gasteiger partial charge in [0.25, 0.3) is 5.91 Å². The van der Waals surface area contributed by atoms with Crippen molar-refractivity contribution in [3.63, 3.8) is 0 Å². The van der Waals surface area contributed by atoms with Gasteiger partial charge < -0.3 is 24.3 Å². The quantitative estimate of drug-likeness (QED) is 0.752. The molecule has 0 aromatic heterocycles. The predicted octanol–water partition coefficient (Wildman–Crippen LogP) is 2.39. The van der Waals surface area contributed by atoms with Crippen LogP contribution in [-0.4, -0.2) is 44.3 Å². The molecule has 4 rings (SSSR count). The number of benzene rings is 2. The molecule has 2 aromatic carbocycles. The molecule has 0 saturated heterocycles. The van der Waals surface area contributed by atoms with Gasteiger partial charge in [0.15, 0.2) is 18.1 Å². The Labute approximate surface area is 172 Å². The van der Waals surface area contributed by atoms with Crippen molar-refractivity contribution >= 4 is 23.5 Å². The van der Waals surface area contributed by atoms with Crippen LogP contribution in [0.25, 0.3) is 0 Å². The maximum absolute atomic E-state index is 12.3.